The van der Waals surface area contributed by atoms with Gasteiger partial charge in [-0.25, -0.2) is 0 Å². The van der Waals surface area contributed by atoms with Crippen molar-refractivity contribution < 1.29 is 13.2 Å². The average Bonchev–Trinajstić information content (AvgIpc) is 2.83. The third-order valence-corrected chi connectivity index (χ3v) is 3.22. The van der Waals surface area contributed by atoms with Crippen LogP contribution < -0.4 is 11.3 Å². The third kappa shape index (κ3) is 4.30. The fourth-order valence-corrected chi connectivity index (χ4v) is 2.13. The fraction of sp³-hybridized carbons (Fsp3) is 0.357. The number of nitrogens with one attached hydrogen (secondary N) is 1. The van der Waals surface area contributed by atoms with Crippen LogP contribution in [0.1, 0.15) is 16.8 Å². The molecule has 3 N–H and O–H groups in total. The number of hydrogen-bond acceptors (Lipinski definition) is 3. The van der Waals surface area contributed by atoms with Crippen LogP contribution in [-0.2, 0) is 26.1 Å². The molecular weight excluding hydrogens is 281 g/mol. The highest BCUT2D eigenvalue weighted by atomic mass is 19.4. The molecule has 0 saturated heterocycles. The topological polar surface area (TPSA) is 55.9 Å². The Hall–Kier alpha value is -1.86. The molecule has 0 aliphatic rings. The van der Waals surface area contributed by atoms with Crippen LogP contribution in [0.15, 0.2) is 36.5 Å². The molecule has 1 aromatic carbocycles. The summed E-state index contributed by atoms with van der Waals surface area (Å²) in [5.74, 6) is 5.51. The van der Waals surface area contributed by atoms with Crippen LogP contribution in [0.25, 0.3) is 0 Å². The van der Waals surface area contributed by atoms with Gasteiger partial charge in [0.1, 0.15) is 0 Å². The Bertz CT molecular complexity index is 575. The molecule has 2 rings (SSSR count). The van der Waals surface area contributed by atoms with Gasteiger partial charge >= 0.3 is 6.18 Å². The Kier molecular flexibility index (Phi) is 4.64. The number of halogens is 3. The van der Waals surface area contributed by atoms with E-state index >= 15 is 0 Å². The summed E-state index contributed by atoms with van der Waals surface area (Å²) in [5, 5.41) is 4.26. The molecule has 1 unspecified atom stereocenters. The molecule has 1 heterocycles. The number of nitrogens with two attached hydrogens (primary N) is 1. The van der Waals surface area contributed by atoms with E-state index in [1.165, 1.54) is 12.1 Å². The quantitative estimate of drug-likeness (QED) is 0.656. The van der Waals surface area contributed by atoms with E-state index in [1.807, 2.05) is 19.3 Å². The Morgan fingerprint density at radius 1 is 1.19 bits per heavy atom. The van der Waals surface area contributed by atoms with Crippen molar-refractivity contribution in [2.24, 2.45) is 12.9 Å². The van der Waals surface area contributed by atoms with Crippen LogP contribution in [0, 0.1) is 0 Å². The number of rotatable bonds is 5. The molecule has 114 valence electrons. The number of hydrogen-bond donors (Lipinski definition) is 2. The van der Waals surface area contributed by atoms with Gasteiger partial charge in [-0.05, 0) is 30.2 Å². The maximum absolute atomic E-state index is 12.5. The van der Waals surface area contributed by atoms with Gasteiger partial charge in [0, 0.05) is 25.7 Å². The minimum atomic E-state index is -4.31. The number of aromatic nitrogens is 2. The normalized spacial score (nSPS) is 13.4. The predicted octanol–water partition coefficient (Wildman–Crippen LogP) is 2.06. The standard InChI is InChI=1S/C14H17F3N4/c1-21-7-6-12(20-21)9-13(19-18)8-10-2-4-11(5-3-10)14(15,16)17/h2-7,13,19H,8-9,18H2,1H3. The van der Waals surface area contributed by atoms with Crippen LogP contribution in [-0.4, -0.2) is 15.8 Å². The number of hydrazine groups is 1. The highest BCUT2D eigenvalue weighted by molar-refractivity contribution is 5.25. The maximum Gasteiger partial charge on any atom is 0.416 e. The first kappa shape index (κ1) is 15.5. The number of benzene rings is 1. The Balaban J connectivity index is 2.01. The van der Waals surface area contributed by atoms with Gasteiger partial charge in [-0.1, -0.05) is 12.1 Å². The summed E-state index contributed by atoms with van der Waals surface area (Å²) in [4.78, 5) is 0. The van der Waals surface area contributed by atoms with Crippen molar-refractivity contribution in [3.8, 4) is 0 Å². The molecule has 0 radical (unpaired) electrons. The van der Waals surface area contributed by atoms with Crippen molar-refractivity contribution >= 4 is 0 Å². The van der Waals surface area contributed by atoms with Gasteiger partial charge in [-0.3, -0.25) is 16.0 Å². The molecule has 21 heavy (non-hydrogen) atoms. The van der Waals surface area contributed by atoms with E-state index in [4.69, 9.17) is 5.84 Å². The molecule has 0 amide bonds. The van der Waals surface area contributed by atoms with E-state index in [0.717, 1.165) is 23.4 Å². The number of nitrogens with zero attached hydrogens (tertiary/aromatic N) is 2. The minimum absolute atomic E-state index is 0.0864. The van der Waals surface area contributed by atoms with E-state index in [-0.39, 0.29) is 6.04 Å². The zero-order valence-corrected chi connectivity index (χ0v) is 11.6. The van der Waals surface area contributed by atoms with Crippen molar-refractivity contribution in [1.29, 1.82) is 0 Å². The lowest BCUT2D eigenvalue weighted by Gasteiger charge is -2.15. The van der Waals surface area contributed by atoms with E-state index in [0.29, 0.717) is 12.8 Å². The molecule has 4 nitrogen and oxygen atoms in total. The van der Waals surface area contributed by atoms with Crippen molar-refractivity contribution in [3.63, 3.8) is 0 Å². The van der Waals surface area contributed by atoms with E-state index in [1.54, 1.807) is 4.68 Å². The van der Waals surface area contributed by atoms with Crippen molar-refractivity contribution in [3.05, 3.63) is 53.3 Å². The van der Waals surface area contributed by atoms with Crippen molar-refractivity contribution in [2.75, 3.05) is 0 Å². The molecule has 0 fully saturated rings. The van der Waals surface area contributed by atoms with E-state index in [9.17, 15) is 13.2 Å². The molecular formula is C14H17F3N4. The summed E-state index contributed by atoms with van der Waals surface area (Å²) < 4.78 is 39.2. The molecule has 1 atom stereocenters. The molecule has 0 aliphatic heterocycles. The van der Waals surface area contributed by atoms with Gasteiger partial charge in [0.2, 0.25) is 0 Å². The minimum Gasteiger partial charge on any atom is -0.276 e. The van der Waals surface area contributed by atoms with Gasteiger partial charge in [0.15, 0.2) is 0 Å². The lowest BCUT2D eigenvalue weighted by Crippen LogP contribution is -2.38. The van der Waals surface area contributed by atoms with Crippen LogP contribution in [0.5, 0.6) is 0 Å². The Morgan fingerprint density at radius 2 is 1.86 bits per heavy atom. The summed E-state index contributed by atoms with van der Waals surface area (Å²) in [6, 6.07) is 6.93. The average molecular weight is 298 g/mol. The monoisotopic (exact) mass is 298 g/mol. The summed E-state index contributed by atoms with van der Waals surface area (Å²) in [6.07, 6.45) is -1.33. The lowest BCUT2D eigenvalue weighted by molar-refractivity contribution is -0.137. The summed E-state index contributed by atoms with van der Waals surface area (Å²) in [6.45, 7) is 0. The largest absolute Gasteiger partial charge is 0.416 e. The van der Waals surface area contributed by atoms with Crippen LogP contribution in [0.4, 0.5) is 13.2 Å². The highest BCUT2D eigenvalue weighted by Gasteiger charge is 2.29. The maximum atomic E-state index is 12.5. The smallest absolute Gasteiger partial charge is 0.276 e. The molecule has 1 aromatic heterocycles. The van der Waals surface area contributed by atoms with E-state index < -0.39 is 11.7 Å². The van der Waals surface area contributed by atoms with Crippen LogP contribution in [0.2, 0.25) is 0 Å². The fourth-order valence-electron chi connectivity index (χ4n) is 2.13. The van der Waals surface area contributed by atoms with Gasteiger partial charge in [0.25, 0.3) is 0 Å². The van der Waals surface area contributed by atoms with Gasteiger partial charge < -0.3 is 0 Å². The summed E-state index contributed by atoms with van der Waals surface area (Å²) in [7, 11) is 1.82. The number of alkyl halides is 3. The Morgan fingerprint density at radius 3 is 2.33 bits per heavy atom. The molecule has 0 bridgehead atoms. The summed E-state index contributed by atoms with van der Waals surface area (Å²) >= 11 is 0. The highest BCUT2D eigenvalue weighted by Crippen LogP contribution is 2.29. The Labute approximate surface area is 120 Å². The molecule has 0 saturated carbocycles. The second-order valence-corrected chi connectivity index (χ2v) is 4.95. The SMILES string of the molecule is Cn1ccc(CC(Cc2ccc(C(F)(F)F)cc2)NN)n1. The predicted molar refractivity (Wildman–Crippen MR) is 73.2 cm³/mol. The van der Waals surface area contributed by atoms with Gasteiger partial charge in [-0.15, -0.1) is 0 Å². The molecule has 2 aromatic rings. The zero-order valence-electron chi connectivity index (χ0n) is 11.6. The summed E-state index contributed by atoms with van der Waals surface area (Å²) in [5.41, 5.74) is 3.71. The van der Waals surface area contributed by atoms with Crippen LogP contribution >= 0.6 is 0 Å². The first-order valence-electron chi connectivity index (χ1n) is 6.49. The third-order valence-electron chi connectivity index (χ3n) is 3.22. The zero-order chi connectivity index (χ0) is 15.5. The second-order valence-electron chi connectivity index (χ2n) is 4.95. The van der Waals surface area contributed by atoms with Crippen molar-refractivity contribution in [2.45, 2.75) is 25.1 Å². The van der Waals surface area contributed by atoms with E-state index in [2.05, 4.69) is 10.5 Å². The van der Waals surface area contributed by atoms with Gasteiger partial charge in [-0.2, -0.15) is 18.3 Å². The lowest BCUT2D eigenvalue weighted by atomic mass is 10.0. The molecule has 0 spiro atoms. The second kappa shape index (κ2) is 6.28. The van der Waals surface area contributed by atoms with Crippen LogP contribution in [0.3, 0.4) is 0 Å². The number of aryl methyl sites for hydroxylation is 1. The first-order chi connectivity index (χ1) is 9.88. The molecule has 0 aliphatic carbocycles. The first-order valence-corrected chi connectivity index (χ1v) is 6.49. The van der Waals surface area contributed by atoms with Gasteiger partial charge in [0.05, 0.1) is 11.3 Å². The molecule has 7 heteroatoms. The van der Waals surface area contributed by atoms with Crippen molar-refractivity contribution in [1.82, 2.24) is 15.2 Å².